The minimum absolute atomic E-state index is 0.00519. The Bertz CT molecular complexity index is 1010. The Kier molecular flexibility index (Phi) is 6.14. The molecule has 1 N–H and O–H groups in total. The number of ether oxygens (including phenoxy) is 1. The van der Waals surface area contributed by atoms with E-state index in [4.69, 9.17) is 4.74 Å². The summed E-state index contributed by atoms with van der Waals surface area (Å²) in [6, 6.07) is 0. The first kappa shape index (κ1) is 27.3. The van der Waals surface area contributed by atoms with Crippen LogP contribution in [0.1, 0.15) is 126 Å². The van der Waals surface area contributed by atoms with Crippen molar-refractivity contribution in [3.8, 4) is 0 Å². The Morgan fingerprint density at radius 1 is 0.919 bits per heavy atom. The number of hydrogen-bond acceptors (Lipinski definition) is 3. The second kappa shape index (κ2) is 8.34. The Morgan fingerprint density at radius 2 is 1.59 bits per heavy atom. The van der Waals surface area contributed by atoms with Gasteiger partial charge in [0.1, 0.15) is 6.10 Å². The number of carbonyl (C=O) groups is 2. The first-order valence-corrected chi connectivity index (χ1v) is 15.2. The molecule has 37 heavy (non-hydrogen) atoms. The van der Waals surface area contributed by atoms with E-state index in [1.165, 1.54) is 18.4 Å². The molecule has 0 spiro atoms. The summed E-state index contributed by atoms with van der Waals surface area (Å²) < 4.78 is 6.05. The van der Waals surface area contributed by atoms with E-state index in [0.717, 1.165) is 51.4 Å². The molecule has 5 aliphatic carbocycles. The topological polar surface area (TPSA) is 63.6 Å². The molecule has 4 saturated carbocycles. The molecular formula is C33H52O4. The molecule has 0 bridgehead atoms. The molecule has 0 aliphatic heterocycles. The van der Waals surface area contributed by atoms with Gasteiger partial charge in [-0.25, -0.2) is 0 Å². The van der Waals surface area contributed by atoms with E-state index in [1.54, 1.807) is 0 Å². The Labute approximate surface area is 225 Å². The molecule has 0 aromatic heterocycles. The number of carboxylic acids is 1. The molecule has 5 rings (SSSR count). The number of aliphatic carboxylic acids is 1. The van der Waals surface area contributed by atoms with E-state index in [0.29, 0.717) is 18.3 Å². The van der Waals surface area contributed by atoms with Crippen LogP contribution in [-0.2, 0) is 14.3 Å². The summed E-state index contributed by atoms with van der Waals surface area (Å²) in [5.41, 5.74) is 1.48. The number of allylic oxidation sites excluding steroid dienone is 2. The highest BCUT2D eigenvalue weighted by molar-refractivity contribution is 5.76. The quantitative estimate of drug-likeness (QED) is 0.306. The smallest absolute Gasteiger partial charge is 0.310 e. The molecule has 5 aliphatic rings. The van der Waals surface area contributed by atoms with Crippen LogP contribution in [0.25, 0.3) is 0 Å². The molecular weight excluding hydrogens is 460 g/mol. The monoisotopic (exact) mass is 512 g/mol. The predicted octanol–water partition coefficient (Wildman–Crippen LogP) is 8.19. The molecule has 4 fully saturated rings. The van der Waals surface area contributed by atoms with E-state index in [-0.39, 0.29) is 45.1 Å². The third kappa shape index (κ3) is 3.73. The van der Waals surface area contributed by atoms with E-state index < -0.39 is 11.4 Å². The van der Waals surface area contributed by atoms with Crippen molar-refractivity contribution in [1.82, 2.24) is 0 Å². The van der Waals surface area contributed by atoms with Gasteiger partial charge in [-0.05, 0) is 109 Å². The Morgan fingerprint density at radius 3 is 2.24 bits per heavy atom. The van der Waals surface area contributed by atoms with Crippen LogP contribution in [-0.4, -0.2) is 23.1 Å². The van der Waals surface area contributed by atoms with Crippen LogP contribution in [0.3, 0.4) is 0 Å². The van der Waals surface area contributed by atoms with E-state index in [2.05, 4.69) is 54.5 Å². The zero-order chi connectivity index (χ0) is 27.2. The lowest BCUT2D eigenvalue weighted by Crippen LogP contribution is -2.64. The summed E-state index contributed by atoms with van der Waals surface area (Å²) in [5.74, 6) is 0.647. The number of carbonyl (C=O) groups excluding carboxylic acids is 1. The normalized spacial score (nSPS) is 47.8. The van der Waals surface area contributed by atoms with Crippen molar-refractivity contribution in [3.63, 3.8) is 0 Å². The van der Waals surface area contributed by atoms with Gasteiger partial charge >= 0.3 is 11.9 Å². The van der Waals surface area contributed by atoms with Gasteiger partial charge in [-0.2, -0.15) is 0 Å². The second-order valence-corrected chi connectivity index (χ2v) is 16.0. The summed E-state index contributed by atoms with van der Waals surface area (Å²) in [6.07, 6.45) is 12.9. The largest absolute Gasteiger partial charge is 0.481 e. The molecule has 4 nitrogen and oxygen atoms in total. The van der Waals surface area contributed by atoms with Crippen LogP contribution in [0.2, 0.25) is 0 Å². The number of rotatable bonds is 3. The number of hydrogen-bond donors (Lipinski definition) is 1. The maximum absolute atomic E-state index is 12.9. The zero-order valence-corrected chi connectivity index (χ0v) is 24.8. The van der Waals surface area contributed by atoms with Gasteiger partial charge in [0.2, 0.25) is 0 Å². The summed E-state index contributed by atoms with van der Waals surface area (Å²) in [4.78, 5) is 25.2. The Balaban J connectivity index is 1.57. The maximum atomic E-state index is 12.9. The van der Waals surface area contributed by atoms with Crippen molar-refractivity contribution in [1.29, 1.82) is 0 Å². The van der Waals surface area contributed by atoms with Crippen molar-refractivity contribution in [2.75, 3.05) is 0 Å². The first-order valence-electron chi connectivity index (χ1n) is 15.2. The zero-order valence-electron chi connectivity index (χ0n) is 24.8. The number of carboxylic acid groups (broad SMARTS) is 1. The lowest BCUT2D eigenvalue weighted by atomic mass is 9.33. The average Bonchev–Trinajstić information content (AvgIpc) is 2.77. The van der Waals surface area contributed by atoms with Crippen molar-refractivity contribution >= 4 is 11.9 Å². The second-order valence-electron chi connectivity index (χ2n) is 16.0. The first-order chi connectivity index (χ1) is 17.0. The molecule has 0 aromatic carbocycles. The van der Waals surface area contributed by atoms with Crippen LogP contribution in [0.5, 0.6) is 0 Å². The molecule has 0 heterocycles. The van der Waals surface area contributed by atoms with Gasteiger partial charge < -0.3 is 9.84 Å². The minimum Gasteiger partial charge on any atom is -0.481 e. The van der Waals surface area contributed by atoms with Gasteiger partial charge in [-0.3, -0.25) is 9.59 Å². The predicted molar refractivity (Wildman–Crippen MR) is 147 cm³/mol. The third-order valence-electron chi connectivity index (χ3n) is 13.3. The molecule has 0 amide bonds. The fourth-order valence-electron chi connectivity index (χ4n) is 11.2. The molecule has 208 valence electrons. The minimum atomic E-state index is -0.586. The van der Waals surface area contributed by atoms with Gasteiger partial charge in [0.25, 0.3) is 0 Å². The van der Waals surface area contributed by atoms with Gasteiger partial charge in [0.15, 0.2) is 0 Å². The number of esters is 1. The number of fused-ring (bicyclic) bond motifs is 7. The van der Waals surface area contributed by atoms with Crippen LogP contribution < -0.4 is 0 Å². The van der Waals surface area contributed by atoms with E-state index in [9.17, 15) is 14.7 Å². The van der Waals surface area contributed by atoms with Crippen molar-refractivity contribution in [2.45, 2.75) is 132 Å². The standard InChI is InChI=1S/C33H52O4/c1-9-26(34)37-21-18-29(4,5)24-12-13-32(8)25(30(24,6)19-21)11-10-22-23-20-28(2,3)14-16-33(23,27(35)36)17-15-31(22,32)7/h10,21,23-25H,9,11-20H2,1-8H3,(H,35,36)/t21-,23+,24+,25-,30+,31-,32-,33+/m1/s1. The fraction of sp³-hybridized carbons (Fsp3) is 0.879. The van der Waals surface area contributed by atoms with Crippen molar-refractivity contribution in [2.24, 2.45) is 50.2 Å². The fourth-order valence-corrected chi connectivity index (χ4v) is 11.2. The molecule has 0 unspecified atom stereocenters. The average molecular weight is 513 g/mol. The van der Waals surface area contributed by atoms with Crippen LogP contribution in [0.4, 0.5) is 0 Å². The molecule has 0 saturated heterocycles. The SMILES string of the molecule is CCC(=O)O[C@@H]1CC(C)(C)[C@@H]2CC[C@]3(C)[C@H](CC=C4[C@@H]5CC(C)(C)CC[C@]5(C(=O)O)CC[C@]43C)[C@@]2(C)C1. The Hall–Kier alpha value is -1.32. The van der Waals surface area contributed by atoms with E-state index in [1.807, 2.05) is 6.92 Å². The van der Waals surface area contributed by atoms with Gasteiger partial charge in [-0.15, -0.1) is 0 Å². The van der Waals surface area contributed by atoms with Gasteiger partial charge in [0.05, 0.1) is 5.41 Å². The summed E-state index contributed by atoms with van der Waals surface area (Å²) >= 11 is 0. The molecule has 4 heteroatoms. The van der Waals surface area contributed by atoms with Crippen molar-refractivity contribution in [3.05, 3.63) is 11.6 Å². The maximum Gasteiger partial charge on any atom is 0.310 e. The summed E-state index contributed by atoms with van der Waals surface area (Å²) in [5, 5.41) is 10.6. The van der Waals surface area contributed by atoms with Gasteiger partial charge in [-0.1, -0.05) is 67.0 Å². The summed E-state index contributed by atoms with van der Waals surface area (Å²) in [7, 11) is 0. The van der Waals surface area contributed by atoms with E-state index >= 15 is 0 Å². The summed E-state index contributed by atoms with van der Waals surface area (Å²) in [6.45, 7) is 19.0. The highest BCUT2D eigenvalue weighted by Gasteiger charge is 2.69. The van der Waals surface area contributed by atoms with Crippen LogP contribution >= 0.6 is 0 Å². The molecule has 0 aromatic rings. The van der Waals surface area contributed by atoms with Crippen LogP contribution in [0.15, 0.2) is 11.6 Å². The molecule has 0 radical (unpaired) electrons. The highest BCUT2D eigenvalue weighted by Crippen LogP contribution is 2.75. The third-order valence-corrected chi connectivity index (χ3v) is 13.3. The highest BCUT2D eigenvalue weighted by atomic mass is 16.5. The lowest BCUT2D eigenvalue weighted by Gasteiger charge is -2.71. The molecule has 8 atom stereocenters. The lowest BCUT2D eigenvalue weighted by molar-refractivity contribution is -0.207. The van der Waals surface area contributed by atoms with Crippen molar-refractivity contribution < 1.29 is 19.4 Å². The van der Waals surface area contributed by atoms with Gasteiger partial charge in [0, 0.05) is 6.42 Å². The van der Waals surface area contributed by atoms with Crippen LogP contribution in [0, 0.1) is 50.2 Å².